The van der Waals surface area contributed by atoms with Gasteiger partial charge in [0.05, 0.1) is 0 Å². The van der Waals surface area contributed by atoms with Gasteiger partial charge in [0.25, 0.3) is 0 Å². The van der Waals surface area contributed by atoms with Gasteiger partial charge in [-0.15, -0.1) is 0 Å². The van der Waals surface area contributed by atoms with Crippen LogP contribution >= 0.6 is 0 Å². The number of rotatable bonds is 1. The summed E-state index contributed by atoms with van der Waals surface area (Å²) in [5, 5.41) is 0. The first kappa shape index (κ1) is 10.5. The molecule has 0 bridgehead atoms. The van der Waals surface area contributed by atoms with Gasteiger partial charge in [-0.05, 0) is 22.7 Å². The van der Waals surface area contributed by atoms with Crippen molar-refractivity contribution in [2.24, 2.45) is 0 Å². The van der Waals surface area contributed by atoms with Gasteiger partial charge >= 0.3 is 0 Å². The number of hydrogen-bond donors (Lipinski definition) is 1. The highest BCUT2D eigenvalue weighted by molar-refractivity contribution is 6.91. The van der Waals surface area contributed by atoms with Crippen molar-refractivity contribution in [3.05, 3.63) is 42.5 Å². The molecular weight excluding hydrogens is 205 g/mol. The maximum Gasteiger partial charge on any atom is 0.216 e. The van der Waals surface area contributed by atoms with Gasteiger partial charge in [0.2, 0.25) is 6.71 Å². The van der Waals surface area contributed by atoms with Crippen LogP contribution in [0, 0.1) is 0 Å². The van der Waals surface area contributed by atoms with Gasteiger partial charge in [0.15, 0.2) is 0 Å². The fraction of sp³-hybridized carbons (Fsp3) is 0.200. The van der Waals surface area contributed by atoms with Gasteiger partial charge in [0.1, 0.15) is 0 Å². The maximum absolute atomic E-state index is 6.18. The summed E-state index contributed by atoms with van der Waals surface area (Å²) >= 11 is 0. The second kappa shape index (κ2) is 3.66. The monoisotopic (exact) mass is 221 g/mol. The van der Waals surface area contributed by atoms with Crippen LogP contribution < -0.4 is 16.7 Å². The Morgan fingerprint density at radius 2 is 1.65 bits per heavy atom. The van der Waals surface area contributed by atoms with Crippen LogP contribution in [-0.2, 0) is 0 Å². The van der Waals surface area contributed by atoms with Crippen LogP contribution in [-0.4, -0.2) is 6.71 Å². The summed E-state index contributed by atoms with van der Waals surface area (Å²) in [6, 6.07) is 14.9. The van der Waals surface area contributed by atoms with E-state index in [1.54, 1.807) is 0 Å². The SMILES string of the molecule is CC(C)B1c2ccccc2-c2cccc(N)c21. The van der Waals surface area contributed by atoms with Gasteiger partial charge < -0.3 is 5.73 Å². The van der Waals surface area contributed by atoms with Crippen molar-refractivity contribution < 1.29 is 0 Å². The summed E-state index contributed by atoms with van der Waals surface area (Å²) in [5.74, 6) is 0.571. The van der Waals surface area contributed by atoms with Crippen LogP contribution in [0.15, 0.2) is 42.5 Å². The Morgan fingerprint density at radius 3 is 2.41 bits per heavy atom. The zero-order chi connectivity index (χ0) is 12.0. The molecule has 0 fully saturated rings. The van der Waals surface area contributed by atoms with E-state index >= 15 is 0 Å². The molecule has 0 amide bonds. The van der Waals surface area contributed by atoms with Crippen LogP contribution in [0.3, 0.4) is 0 Å². The second-order valence-electron chi connectivity index (χ2n) is 5.12. The number of hydrogen-bond acceptors (Lipinski definition) is 1. The quantitative estimate of drug-likeness (QED) is 0.580. The molecule has 2 aromatic carbocycles. The van der Waals surface area contributed by atoms with Gasteiger partial charge in [0, 0.05) is 5.69 Å². The highest BCUT2D eigenvalue weighted by Crippen LogP contribution is 2.28. The van der Waals surface area contributed by atoms with Crippen LogP contribution in [0.25, 0.3) is 11.1 Å². The van der Waals surface area contributed by atoms with E-state index in [0.29, 0.717) is 12.5 Å². The van der Waals surface area contributed by atoms with Crippen LogP contribution in [0.4, 0.5) is 5.69 Å². The number of anilines is 1. The molecule has 1 aliphatic rings. The lowest BCUT2D eigenvalue weighted by molar-refractivity contribution is 1.06. The van der Waals surface area contributed by atoms with Crippen molar-refractivity contribution in [2.75, 3.05) is 5.73 Å². The van der Waals surface area contributed by atoms with E-state index in [1.165, 1.54) is 22.1 Å². The summed E-state index contributed by atoms with van der Waals surface area (Å²) in [5.41, 5.74) is 12.5. The lowest BCUT2D eigenvalue weighted by Gasteiger charge is -2.15. The van der Waals surface area contributed by atoms with Crippen LogP contribution in [0.1, 0.15) is 13.8 Å². The molecular formula is C15H16BN. The van der Waals surface area contributed by atoms with Crippen LogP contribution in [0.2, 0.25) is 5.82 Å². The lowest BCUT2D eigenvalue weighted by atomic mass is 9.36. The molecule has 1 aliphatic heterocycles. The van der Waals surface area contributed by atoms with E-state index in [1.807, 2.05) is 12.1 Å². The smallest absolute Gasteiger partial charge is 0.216 e. The zero-order valence-corrected chi connectivity index (χ0v) is 10.3. The average molecular weight is 221 g/mol. The molecule has 0 saturated heterocycles. The standard InChI is InChI=1S/C15H16BN/c1-10(2)16-13-8-4-3-6-11(13)12-7-5-9-14(17)15(12)16/h3-10H,17H2,1-2H3. The number of nitrogens with two attached hydrogens (primary N) is 1. The average Bonchev–Trinajstić information content (AvgIpc) is 2.65. The lowest BCUT2D eigenvalue weighted by Crippen LogP contribution is -2.41. The third kappa shape index (κ3) is 1.40. The van der Waals surface area contributed by atoms with E-state index in [2.05, 4.69) is 44.2 Å². The Labute approximate surface area is 103 Å². The maximum atomic E-state index is 6.18. The van der Waals surface area contributed by atoms with Crippen molar-refractivity contribution in [1.29, 1.82) is 0 Å². The first-order chi connectivity index (χ1) is 8.20. The topological polar surface area (TPSA) is 26.0 Å². The summed E-state index contributed by atoms with van der Waals surface area (Å²) in [7, 11) is 0. The van der Waals surface area contributed by atoms with Crippen molar-refractivity contribution in [3.8, 4) is 11.1 Å². The molecule has 84 valence electrons. The Kier molecular flexibility index (Phi) is 2.25. The molecule has 0 atom stereocenters. The fourth-order valence-corrected chi connectivity index (χ4v) is 3.03. The third-order valence-corrected chi connectivity index (χ3v) is 3.70. The van der Waals surface area contributed by atoms with E-state index in [-0.39, 0.29) is 0 Å². The molecule has 1 heterocycles. The molecule has 0 unspecified atom stereocenters. The minimum Gasteiger partial charge on any atom is -0.399 e. The molecule has 2 aromatic rings. The molecule has 0 saturated carbocycles. The summed E-state index contributed by atoms with van der Waals surface area (Å²) in [6.07, 6.45) is 0. The Hall–Kier alpha value is -1.70. The van der Waals surface area contributed by atoms with E-state index in [0.717, 1.165) is 5.69 Å². The van der Waals surface area contributed by atoms with E-state index in [9.17, 15) is 0 Å². The Morgan fingerprint density at radius 1 is 0.941 bits per heavy atom. The molecule has 17 heavy (non-hydrogen) atoms. The molecule has 0 aliphatic carbocycles. The normalized spacial score (nSPS) is 12.8. The van der Waals surface area contributed by atoms with E-state index in [4.69, 9.17) is 5.73 Å². The van der Waals surface area contributed by atoms with Crippen molar-refractivity contribution in [2.45, 2.75) is 19.7 Å². The summed E-state index contributed by atoms with van der Waals surface area (Å²) < 4.78 is 0. The molecule has 0 radical (unpaired) electrons. The first-order valence-corrected chi connectivity index (χ1v) is 6.18. The molecule has 1 nitrogen and oxygen atoms in total. The third-order valence-electron chi connectivity index (χ3n) is 3.70. The molecule has 0 aromatic heterocycles. The molecule has 0 spiro atoms. The molecule has 2 N–H and O–H groups in total. The second-order valence-corrected chi connectivity index (χ2v) is 5.12. The summed E-state index contributed by atoms with van der Waals surface area (Å²) in [6.45, 7) is 4.98. The minimum absolute atomic E-state index is 0.447. The van der Waals surface area contributed by atoms with Crippen molar-refractivity contribution in [1.82, 2.24) is 0 Å². The largest absolute Gasteiger partial charge is 0.399 e. The number of nitrogen functional groups attached to an aromatic ring is 1. The van der Waals surface area contributed by atoms with Crippen molar-refractivity contribution >= 4 is 23.3 Å². The number of benzene rings is 2. The zero-order valence-electron chi connectivity index (χ0n) is 10.3. The fourth-order valence-electron chi connectivity index (χ4n) is 3.03. The predicted octanol–water partition coefficient (Wildman–Crippen LogP) is 2.27. The predicted molar refractivity (Wildman–Crippen MR) is 76.4 cm³/mol. The van der Waals surface area contributed by atoms with Gasteiger partial charge in [-0.1, -0.05) is 61.5 Å². The molecule has 2 heteroatoms. The number of fused-ring (bicyclic) bond motifs is 3. The Balaban J connectivity index is 2.34. The highest BCUT2D eigenvalue weighted by atomic mass is 14.6. The highest BCUT2D eigenvalue weighted by Gasteiger charge is 2.34. The van der Waals surface area contributed by atoms with Crippen LogP contribution in [0.5, 0.6) is 0 Å². The van der Waals surface area contributed by atoms with Gasteiger partial charge in [-0.2, -0.15) is 0 Å². The minimum atomic E-state index is 0.447. The van der Waals surface area contributed by atoms with Gasteiger partial charge in [-0.3, -0.25) is 0 Å². The van der Waals surface area contributed by atoms with Crippen molar-refractivity contribution in [3.63, 3.8) is 0 Å². The van der Waals surface area contributed by atoms with E-state index < -0.39 is 0 Å². The Bertz CT molecular complexity index is 575. The summed E-state index contributed by atoms with van der Waals surface area (Å²) in [4.78, 5) is 0. The first-order valence-electron chi connectivity index (χ1n) is 6.18. The molecule has 3 rings (SSSR count). The van der Waals surface area contributed by atoms with Gasteiger partial charge in [-0.25, -0.2) is 0 Å².